The minimum Gasteiger partial charge on any atom is -0.480 e. The van der Waals surface area contributed by atoms with E-state index in [-0.39, 0.29) is 5.91 Å². The molecule has 20 heavy (non-hydrogen) atoms. The molecule has 1 fully saturated rings. The fraction of sp³-hybridized carbons (Fsp3) is 0.500. The van der Waals surface area contributed by atoms with Crippen LogP contribution in [0.1, 0.15) is 36.8 Å². The molecule has 2 aliphatic rings. The van der Waals surface area contributed by atoms with Crippen LogP contribution in [0.5, 0.6) is 0 Å². The van der Waals surface area contributed by atoms with Crippen molar-refractivity contribution in [2.24, 2.45) is 5.92 Å². The Hall–Kier alpha value is -1.84. The molecule has 1 aromatic rings. The summed E-state index contributed by atoms with van der Waals surface area (Å²) in [5.74, 6) is -0.691. The molecule has 1 atom stereocenters. The van der Waals surface area contributed by atoms with Crippen LogP contribution in [-0.2, 0) is 22.4 Å². The third kappa shape index (κ3) is 2.55. The van der Waals surface area contributed by atoms with Crippen molar-refractivity contribution in [1.82, 2.24) is 5.32 Å². The molecule has 3 rings (SSSR count). The van der Waals surface area contributed by atoms with Crippen LogP contribution < -0.4 is 5.32 Å². The van der Waals surface area contributed by atoms with Crippen LogP contribution in [0.4, 0.5) is 0 Å². The highest BCUT2D eigenvalue weighted by atomic mass is 16.4. The number of hydrogen-bond donors (Lipinski definition) is 2. The van der Waals surface area contributed by atoms with Gasteiger partial charge in [0.2, 0.25) is 5.91 Å². The van der Waals surface area contributed by atoms with Crippen molar-refractivity contribution in [1.29, 1.82) is 0 Å². The first-order chi connectivity index (χ1) is 9.59. The average molecular weight is 273 g/mol. The van der Waals surface area contributed by atoms with Crippen molar-refractivity contribution in [2.75, 3.05) is 0 Å². The van der Waals surface area contributed by atoms with E-state index in [0.29, 0.717) is 25.2 Å². The smallest absolute Gasteiger partial charge is 0.329 e. The topological polar surface area (TPSA) is 66.4 Å². The quantitative estimate of drug-likeness (QED) is 0.880. The van der Waals surface area contributed by atoms with Crippen LogP contribution in [-0.4, -0.2) is 22.5 Å². The first-order valence-electron chi connectivity index (χ1n) is 7.20. The number of hydrogen-bond acceptors (Lipinski definition) is 2. The Morgan fingerprint density at radius 3 is 2.60 bits per heavy atom. The van der Waals surface area contributed by atoms with Crippen molar-refractivity contribution < 1.29 is 14.7 Å². The van der Waals surface area contributed by atoms with Gasteiger partial charge >= 0.3 is 5.97 Å². The van der Waals surface area contributed by atoms with Crippen molar-refractivity contribution in [3.63, 3.8) is 0 Å². The number of carbonyl (C=O) groups is 2. The van der Waals surface area contributed by atoms with Gasteiger partial charge in [-0.15, -0.1) is 0 Å². The molecular weight excluding hydrogens is 254 g/mol. The van der Waals surface area contributed by atoms with E-state index in [1.54, 1.807) is 0 Å². The third-order valence-electron chi connectivity index (χ3n) is 4.46. The lowest BCUT2D eigenvalue weighted by Gasteiger charge is -2.24. The molecule has 0 aromatic heterocycles. The number of aliphatic carboxylic acids is 1. The Kier molecular flexibility index (Phi) is 3.24. The molecule has 0 bridgehead atoms. The molecule has 1 amide bonds. The van der Waals surface area contributed by atoms with Gasteiger partial charge in [-0.05, 0) is 49.1 Å². The summed E-state index contributed by atoms with van der Waals surface area (Å²) in [6.45, 7) is 0. The summed E-state index contributed by atoms with van der Waals surface area (Å²) in [5.41, 5.74) is 1.76. The standard InChI is InChI=1S/C16H19NO3/c18-14(17-16(7-8-16)15(19)20)10-11-5-6-12-3-1-2-4-13(12)9-11/h1-4,11H,5-10H2,(H,17,18)(H,19,20). The van der Waals surface area contributed by atoms with Crippen LogP contribution >= 0.6 is 0 Å². The largest absolute Gasteiger partial charge is 0.480 e. The highest BCUT2D eigenvalue weighted by Crippen LogP contribution is 2.36. The molecule has 4 nitrogen and oxygen atoms in total. The minimum atomic E-state index is -0.955. The van der Waals surface area contributed by atoms with Gasteiger partial charge < -0.3 is 10.4 Å². The second kappa shape index (κ2) is 4.93. The molecule has 0 saturated heterocycles. The van der Waals surface area contributed by atoms with Crippen LogP contribution in [0.25, 0.3) is 0 Å². The Labute approximate surface area is 118 Å². The summed E-state index contributed by atoms with van der Waals surface area (Å²) >= 11 is 0. The molecule has 0 aliphatic heterocycles. The number of nitrogens with one attached hydrogen (secondary N) is 1. The second-order valence-corrected chi connectivity index (χ2v) is 6.02. The number of carboxylic acids is 1. The molecule has 2 N–H and O–H groups in total. The summed E-state index contributed by atoms with van der Waals surface area (Å²) < 4.78 is 0. The second-order valence-electron chi connectivity index (χ2n) is 6.02. The molecule has 0 heterocycles. The highest BCUT2D eigenvalue weighted by molar-refractivity contribution is 5.89. The molecule has 1 saturated carbocycles. The zero-order valence-electron chi connectivity index (χ0n) is 11.4. The Balaban J connectivity index is 1.57. The summed E-state index contributed by atoms with van der Waals surface area (Å²) in [5, 5.41) is 11.8. The maximum atomic E-state index is 12.0. The lowest BCUT2D eigenvalue weighted by molar-refractivity contribution is -0.143. The van der Waals surface area contributed by atoms with Gasteiger partial charge in [-0.1, -0.05) is 24.3 Å². The summed E-state index contributed by atoms with van der Waals surface area (Å²) in [6, 6.07) is 8.36. The average Bonchev–Trinajstić information content (AvgIpc) is 3.19. The highest BCUT2D eigenvalue weighted by Gasteiger charge is 2.51. The van der Waals surface area contributed by atoms with E-state index < -0.39 is 11.5 Å². The maximum Gasteiger partial charge on any atom is 0.329 e. The predicted molar refractivity (Wildman–Crippen MR) is 74.3 cm³/mol. The normalized spacial score (nSPS) is 22.7. The third-order valence-corrected chi connectivity index (χ3v) is 4.46. The fourth-order valence-corrected chi connectivity index (χ4v) is 3.04. The zero-order chi connectivity index (χ0) is 14.2. The van der Waals surface area contributed by atoms with Crippen molar-refractivity contribution in [3.05, 3.63) is 35.4 Å². The first kappa shape index (κ1) is 13.2. The van der Waals surface area contributed by atoms with Crippen LogP contribution in [0.15, 0.2) is 24.3 Å². The molecule has 1 aromatic carbocycles. The van der Waals surface area contributed by atoms with E-state index in [2.05, 4.69) is 23.5 Å². The number of carboxylic acid groups (broad SMARTS) is 1. The number of amides is 1. The Morgan fingerprint density at radius 2 is 1.95 bits per heavy atom. The lowest BCUT2D eigenvalue weighted by Crippen LogP contribution is -2.43. The van der Waals surface area contributed by atoms with E-state index in [9.17, 15) is 9.59 Å². The molecule has 1 unspecified atom stereocenters. The lowest BCUT2D eigenvalue weighted by atomic mass is 9.82. The van der Waals surface area contributed by atoms with Gasteiger partial charge in [0.25, 0.3) is 0 Å². The number of aryl methyl sites for hydroxylation is 1. The molecule has 0 radical (unpaired) electrons. The molecular formula is C16H19NO3. The van der Waals surface area contributed by atoms with Gasteiger partial charge in [-0.3, -0.25) is 4.79 Å². The van der Waals surface area contributed by atoms with Gasteiger partial charge in [-0.25, -0.2) is 4.79 Å². The van der Waals surface area contributed by atoms with E-state index in [1.807, 2.05) is 6.07 Å². The molecule has 4 heteroatoms. The minimum absolute atomic E-state index is 0.116. The van der Waals surface area contributed by atoms with Crippen LogP contribution in [0, 0.1) is 5.92 Å². The predicted octanol–water partition coefficient (Wildman–Crippen LogP) is 1.92. The fourth-order valence-electron chi connectivity index (χ4n) is 3.04. The monoisotopic (exact) mass is 273 g/mol. The SMILES string of the molecule is O=C(CC1CCc2ccccc2C1)NC1(C(=O)O)CC1. The van der Waals surface area contributed by atoms with E-state index in [1.165, 1.54) is 11.1 Å². The van der Waals surface area contributed by atoms with E-state index in [0.717, 1.165) is 19.3 Å². The number of carbonyl (C=O) groups excluding carboxylic acids is 1. The maximum absolute atomic E-state index is 12.0. The van der Waals surface area contributed by atoms with Gasteiger partial charge in [0.05, 0.1) is 0 Å². The number of benzene rings is 1. The van der Waals surface area contributed by atoms with Crippen molar-refractivity contribution >= 4 is 11.9 Å². The first-order valence-corrected chi connectivity index (χ1v) is 7.20. The van der Waals surface area contributed by atoms with Crippen molar-refractivity contribution in [3.8, 4) is 0 Å². The molecule has 106 valence electrons. The van der Waals surface area contributed by atoms with Crippen LogP contribution in [0.2, 0.25) is 0 Å². The summed E-state index contributed by atoms with van der Waals surface area (Å²) in [7, 11) is 0. The summed E-state index contributed by atoms with van der Waals surface area (Å²) in [6.07, 6.45) is 4.48. The zero-order valence-corrected chi connectivity index (χ0v) is 11.4. The van der Waals surface area contributed by atoms with Gasteiger partial charge in [0.1, 0.15) is 5.54 Å². The summed E-state index contributed by atoms with van der Waals surface area (Å²) in [4.78, 5) is 23.1. The number of rotatable bonds is 4. The molecule has 0 spiro atoms. The Morgan fingerprint density at radius 1 is 1.25 bits per heavy atom. The van der Waals surface area contributed by atoms with Crippen molar-refractivity contribution in [2.45, 2.75) is 44.1 Å². The molecule has 2 aliphatic carbocycles. The van der Waals surface area contributed by atoms with Gasteiger partial charge in [0.15, 0.2) is 0 Å². The van der Waals surface area contributed by atoms with E-state index >= 15 is 0 Å². The van der Waals surface area contributed by atoms with Gasteiger partial charge in [-0.2, -0.15) is 0 Å². The Bertz CT molecular complexity index is 548. The van der Waals surface area contributed by atoms with Crippen LogP contribution in [0.3, 0.4) is 0 Å². The number of fused-ring (bicyclic) bond motifs is 1. The van der Waals surface area contributed by atoms with E-state index in [4.69, 9.17) is 5.11 Å². The van der Waals surface area contributed by atoms with Gasteiger partial charge in [0, 0.05) is 6.42 Å².